The first-order valence-electron chi connectivity index (χ1n) is 10.8. The van der Waals surface area contributed by atoms with E-state index in [0.717, 1.165) is 37.4 Å². The van der Waals surface area contributed by atoms with Crippen molar-refractivity contribution < 1.29 is 19.1 Å². The molecule has 0 unspecified atom stereocenters. The van der Waals surface area contributed by atoms with Crippen LogP contribution in [0.1, 0.15) is 67.3 Å². The molecule has 1 aromatic carbocycles. The predicted molar refractivity (Wildman–Crippen MR) is 119 cm³/mol. The molecule has 0 atom stereocenters. The van der Waals surface area contributed by atoms with Gasteiger partial charge >= 0.3 is 0 Å². The van der Waals surface area contributed by atoms with Crippen LogP contribution in [-0.4, -0.2) is 32.1 Å². The molecule has 8 heteroatoms. The van der Waals surface area contributed by atoms with E-state index >= 15 is 0 Å². The number of pyridine rings is 1. The Labute approximate surface area is 185 Å². The number of aromatic nitrogens is 3. The maximum Gasteiger partial charge on any atom is 0.274 e. The number of hydrogen-bond donors (Lipinski definition) is 2. The van der Waals surface area contributed by atoms with Crippen molar-refractivity contribution in [2.24, 2.45) is 5.92 Å². The van der Waals surface area contributed by atoms with E-state index in [0.29, 0.717) is 16.8 Å². The van der Waals surface area contributed by atoms with Crippen molar-refractivity contribution >= 4 is 28.8 Å². The van der Waals surface area contributed by atoms with E-state index in [4.69, 9.17) is 5.10 Å². The van der Waals surface area contributed by atoms with Gasteiger partial charge in [-0.3, -0.25) is 9.48 Å². The van der Waals surface area contributed by atoms with Gasteiger partial charge in [-0.15, -0.1) is 0 Å². The maximum absolute atomic E-state index is 13.5. The van der Waals surface area contributed by atoms with E-state index in [1.165, 1.54) is 19.1 Å². The number of nitrogens with one attached hydrogen (secondary N) is 1. The van der Waals surface area contributed by atoms with Gasteiger partial charge < -0.3 is 15.2 Å². The quantitative estimate of drug-likeness (QED) is 0.579. The van der Waals surface area contributed by atoms with E-state index in [-0.39, 0.29) is 23.3 Å². The van der Waals surface area contributed by atoms with Crippen LogP contribution in [0, 0.1) is 18.7 Å². The molecule has 0 aliphatic heterocycles. The Hall–Kier alpha value is -3.13. The van der Waals surface area contributed by atoms with Gasteiger partial charge in [0.15, 0.2) is 0 Å². The van der Waals surface area contributed by atoms with Gasteiger partial charge in [0.05, 0.1) is 22.9 Å². The maximum atomic E-state index is 13.5. The molecule has 2 heterocycles. The van der Waals surface area contributed by atoms with E-state index in [2.05, 4.69) is 10.3 Å². The molecular formula is C24H27FN4O3. The highest BCUT2D eigenvalue weighted by Crippen LogP contribution is 2.35. The van der Waals surface area contributed by atoms with E-state index < -0.39 is 17.3 Å². The number of anilines is 1. The van der Waals surface area contributed by atoms with Crippen molar-refractivity contribution in [3.8, 4) is 0 Å². The number of carbonyl (C=O) groups is 2. The highest BCUT2D eigenvalue weighted by atomic mass is 19.1. The fourth-order valence-electron chi connectivity index (χ4n) is 4.25. The summed E-state index contributed by atoms with van der Waals surface area (Å²) in [6.45, 7) is 4.78. The lowest BCUT2D eigenvalue weighted by Crippen LogP contribution is -2.21. The Balaban J connectivity index is 1.67. The molecule has 1 aliphatic carbocycles. The largest absolute Gasteiger partial charge is 0.386 e. The highest BCUT2D eigenvalue weighted by Gasteiger charge is 2.26. The minimum absolute atomic E-state index is 0.0910. The molecule has 4 rings (SSSR count). The molecule has 1 saturated carbocycles. The number of fused-ring (bicyclic) bond motifs is 1. The van der Waals surface area contributed by atoms with Gasteiger partial charge in [0.1, 0.15) is 17.8 Å². The first-order chi connectivity index (χ1) is 15.2. The van der Waals surface area contributed by atoms with Gasteiger partial charge in [-0.25, -0.2) is 9.37 Å². The molecular weight excluding hydrogens is 411 g/mol. The average Bonchev–Trinajstić information content (AvgIpc) is 3.17. The van der Waals surface area contributed by atoms with Gasteiger partial charge in [0, 0.05) is 28.8 Å². The molecule has 3 aromatic rings. The monoisotopic (exact) mass is 438 g/mol. The summed E-state index contributed by atoms with van der Waals surface area (Å²) in [7, 11) is 0. The molecule has 168 valence electrons. The van der Waals surface area contributed by atoms with Gasteiger partial charge in [0.2, 0.25) is 0 Å². The molecule has 2 N–H and O–H groups in total. The van der Waals surface area contributed by atoms with Crippen molar-refractivity contribution in [1.82, 2.24) is 14.8 Å². The van der Waals surface area contributed by atoms with E-state index in [1.54, 1.807) is 26.0 Å². The second-order valence-electron chi connectivity index (χ2n) is 9.05. The number of carbonyl (C=O) groups excluding carboxylic acids is 2. The van der Waals surface area contributed by atoms with Crippen LogP contribution in [-0.2, 0) is 10.4 Å². The second-order valence-corrected chi connectivity index (χ2v) is 9.05. The molecule has 0 radical (unpaired) electrons. The van der Waals surface area contributed by atoms with Crippen molar-refractivity contribution in [2.75, 3.05) is 5.32 Å². The summed E-state index contributed by atoms with van der Waals surface area (Å²) in [5, 5.41) is 19.1. The lowest BCUT2D eigenvalue weighted by atomic mass is 9.87. The lowest BCUT2D eigenvalue weighted by Gasteiger charge is -2.25. The van der Waals surface area contributed by atoms with Crippen LogP contribution in [0.4, 0.5) is 10.1 Å². The Morgan fingerprint density at radius 3 is 2.59 bits per heavy atom. The number of aliphatic hydroxyl groups is 1. The summed E-state index contributed by atoms with van der Waals surface area (Å²) >= 11 is 0. The van der Waals surface area contributed by atoms with Crippen molar-refractivity contribution in [3.05, 3.63) is 53.2 Å². The fourth-order valence-corrected chi connectivity index (χ4v) is 4.25. The number of halogens is 1. The third-order valence-corrected chi connectivity index (χ3v) is 6.13. The number of hydrogen-bond acceptors (Lipinski definition) is 5. The van der Waals surface area contributed by atoms with Crippen LogP contribution in [0.2, 0.25) is 0 Å². The highest BCUT2D eigenvalue weighted by molar-refractivity contribution is 6.04. The molecule has 7 nitrogen and oxygen atoms in total. The van der Waals surface area contributed by atoms with Gasteiger partial charge in [0.25, 0.3) is 5.91 Å². The van der Waals surface area contributed by atoms with Crippen LogP contribution in [0.5, 0.6) is 0 Å². The van der Waals surface area contributed by atoms with Gasteiger partial charge in [-0.05, 0) is 70.7 Å². The van der Waals surface area contributed by atoms with Crippen LogP contribution < -0.4 is 5.32 Å². The zero-order valence-electron chi connectivity index (χ0n) is 18.4. The fraction of sp³-hybridized carbons (Fsp3) is 0.417. The number of aldehydes is 1. The van der Waals surface area contributed by atoms with Crippen LogP contribution in [0.15, 0.2) is 30.5 Å². The number of aryl methyl sites for hydroxylation is 1. The van der Waals surface area contributed by atoms with E-state index in [1.807, 2.05) is 10.9 Å². The molecule has 1 amide bonds. The van der Waals surface area contributed by atoms with Gasteiger partial charge in [-0.2, -0.15) is 5.10 Å². The SMILES string of the molecule is Cc1nc(C(=O)Nc2cc3cn([C@H]4CC[C@H](C=O)CC4)nc3cc2C(C)(C)O)ccc1F. The molecule has 1 fully saturated rings. The minimum atomic E-state index is -1.23. The van der Waals surface area contributed by atoms with Gasteiger partial charge in [-0.1, -0.05) is 0 Å². The van der Waals surface area contributed by atoms with Crippen molar-refractivity contribution in [3.63, 3.8) is 0 Å². The number of rotatable bonds is 5. The zero-order chi connectivity index (χ0) is 23.0. The summed E-state index contributed by atoms with van der Waals surface area (Å²) in [4.78, 5) is 27.8. The molecule has 0 saturated heterocycles. The number of nitrogens with zero attached hydrogens (tertiary/aromatic N) is 3. The third-order valence-electron chi connectivity index (χ3n) is 6.13. The Bertz CT molecular complexity index is 1170. The molecule has 2 aromatic heterocycles. The molecule has 0 bridgehead atoms. The molecule has 32 heavy (non-hydrogen) atoms. The Kier molecular flexibility index (Phi) is 5.81. The average molecular weight is 439 g/mol. The lowest BCUT2D eigenvalue weighted by molar-refractivity contribution is -0.112. The summed E-state index contributed by atoms with van der Waals surface area (Å²) < 4.78 is 15.5. The Morgan fingerprint density at radius 1 is 1.25 bits per heavy atom. The van der Waals surface area contributed by atoms with Crippen LogP contribution in [0.25, 0.3) is 10.9 Å². The summed E-state index contributed by atoms with van der Waals surface area (Å²) in [5.74, 6) is -0.837. The second kappa shape index (κ2) is 8.43. The standard InChI is InChI=1S/C24H27FN4O3/c1-14-19(25)8-9-20(26-14)23(31)27-22-10-16-12-29(17-6-4-15(13-30)5-7-17)28-21(16)11-18(22)24(2,3)32/h8-13,15,17,32H,4-7H2,1-3H3,(H,27,31)/t15-,17-. The van der Waals surface area contributed by atoms with Crippen LogP contribution >= 0.6 is 0 Å². The minimum Gasteiger partial charge on any atom is -0.386 e. The third kappa shape index (κ3) is 4.41. The summed E-state index contributed by atoms with van der Waals surface area (Å²) in [6, 6.07) is 6.32. The summed E-state index contributed by atoms with van der Waals surface area (Å²) in [5.41, 5.74) is 0.688. The zero-order valence-corrected chi connectivity index (χ0v) is 18.4. The van der Waals surface area contributed by atoms with E-state index in [9.17, 15) is 19.1 Å². The molecule has 1 aliphatic rings. The number of amides is 1. The first kappa shape index (κ1) is 22.1. The predicted octanol–water partition coefficient (Wildman–Crippen LogP) is 4.29. The number of benzene rings is 1. The topological polar surface area (TPSA) is 97.1 Å². The smallest absolute Gasteiger partial charge is 0.274 e. The summed E-state index contributed by atoms with van der Waals surface area (Å²) in [6.07, 6.45) is 6.45. The van der Waals surface area contributed by atoms with Crippen LogP contribution in [0.3, 0.4) is 0 Å². The normalized spacial score (nSPS) is 19.2. The Morgan fingerprint density at radius 2 is 1.97 bits per heavy atom. The molecule has 0 spiro atoms. The van der Waals surface area contributed by atoms with Crippen molar-refractivity contribution in [1.29, 1.82) is 0 Å². The first-order valence-corrected chi connectivity index (χ1v) is 10.8. The van der Waals surface area contributed by atoms with Crippen molar-refractivity contribution in [2.45, 2.75) is 58.1 Å².